The van der Waals surface area contributed by atoms with Gasteiger partial charge in [0.05, 0.1) is 6.20 Å². The summed E-state index contributed by atoms with van der Waals surface area (Å²) < 4.78 is 1.57. The van der Waals surface area contributed by atoms with Crippen molar-refractivity contribution in [1.29, 1.82) is 0 Å². The minimum Gasteiger partial charge on any atom is -0.370 e. The van der Waals surface area contributed by atoms with Gasteiger partial charge in [0.15, 0.2) is 5.96 Å². The molecule has 0 aliphatic carbocycles. The predicted octanol–water partition coefficient (Wildman–Crippen LogP) is 0.716. The van der Waals surface area contributed by atoms with E-state index < -0.39 is 0 Å². The van der Waals surface area contributed by atoms with Gasteiger partial charge in [-0.25, -0.2) is 4.98 Å². The topological polar surface area (TPSA) is 120 Å². The first-order valence-electron chi connectivity index (χ1n) is 6.07. The van der Waals surface area contributed by atoms with Gasteiger partial charge in [0.1, 0.15) is 5.03 Å². The number of imidazole rings is 1. The molecule has 0 atom stereocenters. The third kappa shape index (κ3) is 3.08. The van der Waals surface area contributed by atoms with Crippen molar-refractivity contribution in [3.8, 4) is 0 Å². The zero-order valence-corrected chi connectivity index (χ0v) is 11.7. The molecule has 0 saturated carbocycles. The molecule has 1 aromatic carbocycles. The van der Waals surface area contributed by atoms with E-state index in [4.69, 9.17) is 11.5 Å². The Labute approximate surface area is 124 Å². The average Bonchev–Trinajstić information content (AvgIpc) is 2.88. The Balaban J connectivity index is 1.86. The Bertz CT molecular complexity index is 778. The van der Waals surface area contributed by atoms with Crippen LogP contribution in [0.4, 0.5) is 5.95 Å². The zero-order chi connectivity index (χ0) is 14.7. The van der Waals surface area contributed by atoms with Crippen LogP contribution in [0.5, 0.6) is 0 Å². The number of fused-ring (bicyclic) bond motifs is 1. The number of nitrogens with zero attached hydrogens (tertiary/aromatic N) is 6. The van der Waals surface area contributed by atoms with Crippen LogP contribution in [0.1, 0.15) is 5.56 Å². The monoisotopic (exact) mass is 300 g/mol. The minimum absolute atomic E-state index is 0.0991. The minimum atomic E-state index is -0.116. The highest BCUT2D eigenvalue weighted by Gasteiger charge is 2.08. The van der Waals surface area contributed by atoms with E-state index in [1.54, 1.807) is 22.5 Å². The Morgan fingerprint density at radius 3 is 2.76 bits per heavy atom. The van der Waals surface area contributed by atoms with Crippen LogP contribution in [0.3, 0.4) is 0 Å². The standard InChI is InChI=1S/C12H12N8S/c13-10(14)16-11-17-18-12-15-6-9(20(12)19-11)21-7-8-4-2-1-3-5-8/h1-6H,7H2,(H4,13,14,16,19). The molecular formula is C12H12N8S. The van der Waals surface area contributed by atoms with Gasteiger partial charge >= 0.3 is 0 Å². The van der Waals surface area contributed by atoms with Gasteiger partial charge in [-0.2, -0.15) is 9.51 Å². The zero-order valence-electron chi connectivity index (χ0n) is 10.9. The van der Waals surface area contributed by atoms with Crippen molar-refractivity contribution < 1.29 is 0 Å². The van der Waals surface area contributed by atoms with E-state index in [2.05, 4.69) is 37.4 Å². The van der Waals surface area contributed by atoms with Gasteiger partial charge in [-0.3, -0.25) is 0 Å². The first-order valence-corrected chi connectivity index (χ1v) is 7.06. The molecule has 8 nitrogen and oxygen atoms in total. The van der Waals surface area contributed by atoms with Crippen molar-refractivity contribution in [2.75, 3.05) is 0 Å². The lowest BCUT2D eigenvalue weighted by molar-refractivity contribution is 0.781. The van der Waals surface area contributed by atoms with Gasteiger partial charge in [0.2, 0.25) is 0 Å². The second-order valence-electron chi connectivity index (χ2n) is 4.12. The average molecular weight is 300 g/mol. The van der Waals surface area contributed by atoms with Crippen molar-refractivity contribution in [3.63, 3.8) is 0 Å². The molecule has 21 heavy (non-hydrogen) atoms. The van der Waals surface area contributed by atoms with Crippen LogP contribution in [0.25, 0.3) is 5.78 Å². The van der Waals surface area contributed by atoms with Crippen LogP contribution >= 0.6 is 11.8 Å². The maximum Gasteiger partial charge on any atom is 0.289 e. The van der Waals surface area contributed by atoms with Crippen molar-refractivity contribution in [2.24, 2.45) is 16.5 Å². The Morgan fingerprint density at radius 1 is 1.19 bits per heavy atom. The number of thioether (sulfide) groups is 1. The van der Waals surface area contributed by atoms with E-state index in [1.807, 2.05) is 18.2 Å². The lowest BCUT2D eigenvalue weighted by atomic mass is 10.2. The van der Waals surface area contributed by atoms with Crippen LogP contribution in [0.15, 0.2) is 46.5 Å². The number of hydrogen-bond acceptors (Lipinski definition) is 6. The summed E-state index contributed by atoms with van der Waals surface area (Å²) >= 11 is 1.60. The molecule has 2 heterocycles. The molecule has 106 valence electrons. The molecule has 0 fully saturated rings. The number of aliphatic imine (C=N–C) groups is 1. The summed E-state index contributed by atoms with van der Waals surface area (Å²) in [6.07, 6.45) is 1.70. The second-order valence-corrected chi connectivity index (χ2v) is 5.11. The molecule has 3 aromatic rings. The largest absolute Gasteiger partial charge is 0.370 e. The molecule has 0 spiro atoms. The molecular weight excluding hydrogens is 288 g/mol. The Morgan fingerprint density at radius 2 is 2.00 bits per heavy atom. The van der Waals surface area contributed by atoms with E-state index in [-0.39, 0.29) is 11.9 Å². The summed E-state index contributed by atoms with van der Waals surface area (Å²) in [5.74, 6) is 1.19. The number of aromatic nitrogens is 5. The second kappa shape index (κ2) is 5.75. The first-order chi connectivity index (χ1) is 10.2. The summed E-state index contributed by atoms with van der Waals surface area (Å²) in [4.78, 5) is 7.92. The van der Waals surface area contributed by atoms with Crippen molar-refractivity contribution in [1.82, 2.24) is 24.8 Å². The number of hydrogen-bond donors (Lipinski definition) is 2. The predicted molar refractivity (Wildman–Crippen MR) is 80.0 cm³/mol. The van der Waals surface area contributed by atoms with Gasteiger partial charge in [0, 0.05) is 5.75 Å². The normalized spacial score (nSPS) is 10.7. The summed E-state index contributed by atoms with van der Waals surface area (Å²) in [6.45, 7) is 0. The summed E-state index contributed by atoms with van der Waals surface area (Å²) in [7, 11) is 0. The van der Waals surface area contributed by atoms with Gasteiger partial charge in [0.25, 0.3) is 11.7 Å². The van der Waals surface area contributed by atoms with Gasteiger partial charge in [-0.15, -0.1) is 15.3 Å². The molecule has 9 heteroatoms. The number of guanidine groups is 1. The van der Waals surface area contributed by atoms with E-state index in [9.17, 15) is 0 Å². The summed E-state index contributed by atoms with van der Waals surface area (Å²) in [5, 5.41) is 12.7. The highest BCUT2D eigenvalue weighted by molar-refractivity contribution is 7.98. The summed E-state index contributed by atoms with van der Waals surface area (Å²) in [6, 6.07) is 10.1. The first kappa shape index (κ1) is 13.3. The molecule has 4 N–H and O–H groups in total. The van der Waals surface area contributed by atoms with E-state index in [0.29, 0.717) is 5.78 Å². The maximum atomic E-state index is 5.31. The fourth-order valence-corrected chi connectivity index (χ4v) is 2.55. The Hall–Kier alpha value is -2.68. The molecule has 0 amide bonds. The van der Waals surface area contributed by atoms with Gasteiger partial charge < -0.3 is 11.5 Å². The van der Waals surface area contributed by atoms with E-state index in [1.165, 1.54) is 5.56 Å². The van der Waals surface area contributed by atoms with Crippen LogP contribution in [-0.2, 0) is 5.75 Å². The molecule has 0 bridgehead atoms. The quantitative estimate of drug-likeness (QED) is 0.413. The fraction of sp³-hybridized carbons (Fsp3) is 0.0833. The fourth-order valence-electron chi connectivity index (χ4n) is 1.67. The molecule has 3 rings (SSSR count). The number of rotatable bonds is 4. The maximum absolute atomic E-state index is 5.31. The lowest BCUT2D eigenvalue weighted by Crippen LogP contribution is -2.22. The molecule has 0 saturated heterocycles. The molecule has 0 radical (unpaired) electrons. The smallest absolute Gasteiger partial charge is 0.289 e. The van der Waals surface area contributed by atoms with Crippen molar-refractivity contribution in [3.05, 3.63) is 42.1 Å². The van der Waals surface area contributed by atoms with Crippen LogP contribution < -0.4 is 11.5 Å². The van der Waals surface area contributed by atoms with E-state index in [0.717, 1.165) is 10.8 Å². The SMILES string of the molecule is NC(N)=Nc1nnc2ncc(SCc3ccccc3)n2n1. The molecule has 0 aliphatic heterocycles. The number of nitrogens with two attached hydrogens (primary N) is 2. The number of benzene rings is 1. The molecule has 2 aromatic heterocycles. The highest BCUT2D eigenvalue weighted by atomic mass is 32.2. The van der Waals surface area contributed by atoms with Crippen LogP contribution in [-0.4, -0.2) is 30.8 Å². The van der Waals surface area contributed by atoms with Crippen LogP contribution in [0.2, 0.25) is 0 Å². The van der Waals surface area contributed by atoms with E-state index >= 15 is 0 Å². The highest BCUT2D eigenvalue weighted by Crippen LogP contribution is 2.22. The summed E-state index contributed by atoms with van der Waals surface area (Å²) in [5.41, 5.74) is 11.8. The third-order valence-corrected chi connectivity index (χ3v) is 3.62. The van der Waals surface area contributed by atoms with Gasteiger partial charge in [-0.1, -0.05) is 42.1 Å². The Kier molecular flexibility index (Phi) is 3.65. The van der Waals surface area contributed by atoms with Gasteiger partial charge in [-0.05, 0) is 5.56 Å². The third-order valence-electron chi connectivity index (χ3n) is 2.57. The van der Waals surface area contributed by atoms with Crippen LogP contribution in [0, 0.1) is 0 Å². The lowest BCUT2D eigenvalue weighted by Gasteiger charge is -2.01. The van der Waals surface area contributed by atoms with Crippen molar-refractivity contribution >= 4 is 29.4 Å². The van der Waals surface area contributed by atoms with Crippen molar-refractivity contribution in [2.45, 2.75) is 10.8 Å². The molecule has 0 aliphatic rings. The molecule has 0 unspecified atom stereocenters.